The first-order chi connectivity index (χ1) is 11.6. The van der Waals surface area contributed by atoms with Gasteiger partial charge in [-0.25, -0.2) is 0 Å². The molecule has 2 rings (SSSR count). The Morgan fingerprint density at radius 1 is 1.24 bits per heavy atom. The molecule has 2 unspecified atom stereocenters. The van der Waals surface area contributed by atoms with E-state index in [0.29, 0.717) is 12.6 Å². The Morgan fingerprint density at radius 3 is 2.64 bits per heavy atom. The second-order valence-corrected chi connectivity index (χ2v) is 7.39. The van der Waals surface area contributed by atoms with Gasteiger partial charge in [0, 0.05) is 38.2 Å². The molecule has 2 aliphatic rings. The number of hydrogen-bond acceptors (Lipinski definition) is 3. The van der Waals surface area contributed by atoms with Gasteiger partial charge in [0.05, 0.1) is 6.61 Å². The highest BCUT2D eigenvalue weighted by Crippen LogP contribution is 2.28. The lowest BCUT2D eigenvalue weighted by atomic mass is 9.85. The lowest BCUT2D eigenvalue weighted by molar-refractivity contribution is -0.126. The Hall–Kier alpha value is -0.570. The molecule has 0 aromatic heterocycles. The largest absolute Gasteiger partial charge is 0.379 e. The third kappa shape index (κ3) is 9.08. The Kier molecular flexibility index (Phi) is 10.7. The van der Waals surface area contributed by atoms with Gasteiger partial charge in [-0.3, -0.25) is 9.79 Å². The van der Waals surface area contributed by atoms with Crippen molar-refractivity contribution >= 4 is 35.8 Å². The molecule has 2 aliphatic carbocycles. The third-order valence-electron chi connectivity index (χ3n) is 4.63. The van der Waals surface area contributed by atoms with Gasteiger partial charge in [0.15, 0.2) is 5.96 Å². The molecule has 3 N–H and O–H groups in total. The fraction of sp³-hybridized carbons (Fsp3) is 0.889. The predicted octanol–water partition coefficient (Wildman–Crippen LogP) is 2.28. The monoisotopic (exact) mass is 466 g/mol. The molecule has 1 amide bonds. The van der Waals surface area contributed by atoms with E-state index in [9.17, 15) is 4.79 Å². The van der Waals surface area contributed by atoms with E-state index in [1.54, 1.807) is 7.05 Å². The number of hydrogen-bond donors (Lipinski definition) is 3. The van der Waals surface area contributed by atoms with Crippen molar-refractivity contribution in [2.45, 2.75) is 64.5 Å². The van der Waals surface area contributed by atoms with E-state index in [-0.39, 0.29) is 41.8 Å². The molecule has 0 bridgehead atoms. The normalized spacial score (nSPS) is 23.8. The zero-order chi connectivity index (χ0) is 17.4. The number of guanidine groups is 1. The van der Waals surface area contributed by atoms with E-state index in [1.807, 2.05) is 13.8 Å². The maximum Gasteiger partial charge on any atom is 0.223 e. The van der Waals surface area contributed by atoms with Crippen molar-refractivity contribution in [1.82, 2.24) is 16.0 Å². The Morgan fingerprint density at radius 2 is 2.00 bits per heavy atom. The van der Waals surface area contributed by atoms with Gasteiger partial charge in [0.25, 0.3) is 0 Å². The molecule has 25 heavy (non-hydrogen) atoms. The average molecular weight is 466 g/mol. The number of nitrogens with one attached hydrogen (secondary N) is 3. The number of nitrogens with zero attached hydrogens (tertiary/aromatic N) is 1. The zero-order valence-corrected chi connectivity index (χ0v) is 18.2. The van der Waals surface area contributed by atoms with Gasteiger partial charge >= 0.3 is 0 Å². The summed E-state index contributed by atoms with van der Waals surface area (Å²) in [7, 11) is 1.78. The van der Waals surface area contributed by atoms with Crippen molar-refractivity contribution in [2.75, 3.05) is 26.8 Å². The molecule has 6 nitrogen and oxygen atoms in total. The third-order valence-corrected chi connectivity index (χ3v) is 4.63. The van der Waals surface area contributed by atoms with Crippen molar-refractivity contribution in [2.24, 2.45) is 16.8 Å². The van der Waals surface area contributed by atoms with Crippen LogP contribution in [0.4, 0.5) is 0 Å². The van der Waals surface area contributed by atoms with Crippen LogP contribution in [0.2, 0.25) is 0 Å². The number of rotatable bonds is 8. The van der Waals surface area contributed by atoms with E-state index in [1.165, 1.54) is 12.8 Å². The van der Waals surface area contributed by atoms with Crippen molar-refractivity contribution < 1.29 is 9.53 Å². The minimum Gasteiger partial charge on any atom is -0.379 e. The first-order valence-corrected chi connectivity index (χ1v) is 9.43. The molecular formula is C18H35IN4O2. The van der Waals surface area contributed by atoms with Gasteiger partial charge in [-0.15, -0.1) is 24.0 Å². The van der Waals surface area contributed by atoms with E-state index in [2.05, 4.69) is 20.9 Å². The SMILES string of the molecule is CN=C(NCCOCC1CC1)NC1CCCC(C(=O)NC(C)C)C1.I. The number of aliphatic imine (C=N–C) groups is 1. The molecule has 0 aromatic carbocycles. The first kappa shape index (κ1) is 22.5. The molecule has 0 spiro atoms. The molecule has 2 fully saturated rings. The Balaban J connectivity index is 0.00000312. The van der Waals surface area contributed by atoms with Crippen LogP contribution in [0.3, 0.4) is 0 Å². The van der Waals surface area contributed by atoms with Crippen molar-refractivity contribution in [1.29, 1.82) is 0 Å². The van der Waals surface area contributed by atoms with Crippen molar-refractivity contribution in [3.63, 3.8) is 0 Å². The number of carbonyl (C=O) groups is 1. The van der Waals surface area contributed by atoms with E-state index in [0.717, 1.165) is 50.7 Å². The standard InChI is InChI=1S/C18H34N4O2.HI/c1-13(2)21-17(23)15-5-4-6-16(11-15)22-18(19-3)20-9-10-24-12-14-7-8-14;/h13-16H,4-12H2,1-3H3,(H,21,23)(H2,19,20,22);1H. The molecule has 2 atom stereocenters. The first-order valence-electron chi connectivity index (χ1n) is 9.43. The van der Waals surface area contributed by atoms with Crippen LogP contribution in [0.15, 0.2) is 4.99 Å². The molecule has 7 heteroatoms. The van der Waals surface area contributed by atoms with Crippen LogP contribution in [0.1, 0.15) is 52.4 Å². The lowest BCUT2D eigenvalue weighted by Gasteiger charge is -2.30. The minimum absolute atomic E-state index is 0. The summed E-state index contributed by atoms with van der Waals surface area (Å²) in [5, 5.41) is 9.79. The Labute approximate surface area is 169 Å². The van der Waals surface area contributed by atoms with Crippen LogP contribution in [-0.2, 0) is 9.53 Å². The lowest BCUT2D eigenvalue weighted by Crippen LogP contribution is -2.48. The molecule has 0 aromatic rings. The van der Waals surface area contributed by atoms with E-state index in [4.69, 9.17) is 4.74 Å². The van der Waals surface area contributed by atoms with Crippen molar-refractivity contribution in [3.8, 4) is 0 Å². The summed E-state index contributed by atoms with van der Waals surface area (Å²) in [6.07, 6.45) is 6.67. The molecule has 0 heterocycles. The highest BCUT2D eigenvalue weighted by molar-refractivity contribution is 14.0. The maximum absolute atomic E-state index is 12.2. The summed E-state index contributed by atoms with van der Waals surface area (Å²) in [6, 6.07) is 0.510. The molecule has 0 saturated heterocycles. The highest BCUT2D eigenvalue weighted by Gasteiger charge is 2.28. The van der Waals surface area contributed by atoms with Crippen LogP contribution in [-0.4, -0.2) is 50.8 Å². The van der Waals surface area contributed by atoms with E-state index < -0.39 is 0 Å². The number of ether oxygens (including phenoxy) is 1. The second kappa shape index (κ2) is 11.9. The summed E-state index contributed by atoms with van der Waals surface area (Å²) in [5.41, 5.74) is 0. The molecule has 146 valence electrons. The Bertz CT molecular complexity index is 427. The highest BCUT2D eigenvalue weighted by atomic mass is 127. The summed E-state index contributed by atoms with van der Waals surface area (Å²) < 4.78 is 5.63. The predicted molar refractivity (Wildman–Crippen MR) is 112 cm³/mol. The number of halogens is 1. The van der Waals surface area contributed by atoms with Crippen LogP contribution < -0.4 is 16.0 Å². The summed E-state index contributed by atoms with van der Waals surface area (Å²) in [6.45, 7) is 6.38. The number of amides is 1. The number of carbonyl (C=O) groups excluding carboxylic acids is 1. The van der Waals surface area contributed by atoms with Crippen LogP contribution >= 0.6 is 24.0 Å². The van der Waals surface area contributed by atoms with Gasteiger partial charge in [-0.1, -0.05) is 6.42 Å². The van der Waals surface area contributed by atoms with Crippen LogP contribution in [0.25, 0.3) is 0 Å². The van der Waals surface area contributed by atoms with Gasteiger partial charge < -0.3 is 20.7 Å². The van der Waals surface area contributed by atoms with E-state index >= 15 is 0 Å². The fourth-order valence-corrected chi connectivity index (χ4v) is 3.13. The maximum atomic E-state index is 12.2. The fourth-order valence-electron chi connectivity index (χ4n) is 3.13. The van der Waals surface area contributed by atoms with Gasteiger partial charge in [-0.2, -0.15) is 0 Å². The molecular weight excluding hydrogens is 431 g/mol. The van der Waals surface area contributed by atoms with Crippen LogP contribution in [0, 0.1) is 11.8 Å². The summed E-state index contributed by atoms with van der Waals surface area (Å²) in [5.74, 6) is 1.91. The smallest absolute Gasteiger partial charge is 0.223 e. The van der Waals surface area contributed by atoms with Crippen LogP contribution in [0.5, 0.6) is 0 Å². The van der Waals surface area contributed by atoms with Gasteiger partial charge in [0.2, 0.25) is 5.91 Å². The summed E-state index contributed by atoms with van der Waals surface area (Å²) >= 11 is 0. The molecule has 2 saturated carbocycles. The summed E-state index contributed by atoms with van der Waals surface area (Å²) in [4.78, 5) is 16.5. The molecule has 0 radical (unpaired) electrons. The van der Waals surface area contributed by atoms with Gasteiger partial charge in [0.1, 0.15) is 0 Å². The molecule has 0 aliphatic heterocycles. The second-order valence-electron chi connectivity index (χ2n) is 7.39. The van der Waals surface area contributed by atoms with Crippen molar-refractivity contribution in [3.05, 3.63) is 0 Å². The topological polar surface area (TPSA) is 74.8 Å². The average Bonchev–Trinajstić information content (AvgIpc) is 3.37. The zero-order valence-electron chi connectivity index (χ0n) is 15.8. The quantitative estimate of drug-likeness (QED) is 0.222. The minimum atomic E-state index is 0. The van der Waals surface area contributed by atoms with Gasteiger partial charge in [-0.05, 0) is 51.9 Å².